The van der Waals surface area contributed by atoms with E-state index in [1.165, 1.54) is 57.1 Å². The first-order chi connectivity index (χ1) is 15.6. The van der Waals surface area contributed by atoms with Gasteiger partial charge in [0, 0.05) is 50.0 Å². The molecule has 1 fully saturated rings. The van der Waals surface area contributed by atoms with Gasteiger partial charge in [-0.1, -0.05) is 11.6 Å². The van der Waals surface area contributed by atoms with Crippen molar-refractivity contribution in [3.63, 3.8) is 0 Å². The third-order valence-electron chi connectivity index (χ3n) is 4.42. The van der Waals surface area contributed by atoms with Crippen LogP contribution >= 0.6 is 23.4 Å². The van der Waals surface area contributed by atoms with Gasteiger partial charge >= 0.3 is 17.9 Å². The van der Waals surface area contributed by atoms with Gasteiger partial charge in [0.25, 0.3) is 0 Å². The van der Waals surface area contributed by atoms with Crippen molar-refractivity contribution in [3.05, 3.63) is 41.7 Å². The molecule has 12 heteroatoms. The number of carbonyl (C=O) groups excluding carboxylic acids is 3. The minimum Gasteiger partial charge on any atom is -0.472 e. The molecule has 1 aliphatic heterocycles. The van der Waals surface area contributed by atoms with E-state index in [0.29, 0.717) is 11.1 Å². The second-order valence-electron chi connectivity index (χ2n) is 7.00. The van der Waals surface area contributed by atoms with E-state index < -0.39 is 47.6 Å². The summed E-state index contributed by atoms with van der Waals surface area (Å²) in [7, 11) is 0. The predicted octanol–water partition coefficient (Wildman–Crippen LogP) is 3.18. The smallest absolute Gasteiger partial charge is 0.303 e. The van der Waals surface area contributed by atoms with Gasteiger partial charge in [-0.05, 0) is 18.2 Å². The lowest BCUT2D eigenvalue weighted by Gasteiger charge is -2.39. The molecule has 0 radical (unpaired) electrons. The molecule has 0 spiro atoms. The van der Waals surface area contributed by atoms with Crippen LogP contribution in [0.4, 0.5) is 4.39 Å². The number of ether oxygens (including phenoxy) is 4. The zero-order chi connectivity index (χ0) is 24.1. The van der Waals surface area contributed by atoms with Crippen LogP contribution < -0.4 is 4.74 Å². The zero-order valence-electron chi connectivity index (χ0n) is 17.8. The topological polar surface area (TPSA) is 114 Å². The maximum absolute atomic E-state index is 13.2. The third-order valence-corrected chi connectivity index (χ3v) is 5.91. The maximum atomic E-state index is 13.2. The molecular weight excluding hydrogens is 479 g/mol. The molecule has 0 N–H and O–H groups in total. The van der Waals surface area contributed by atoms with Crippen molar-refractivity contribution in [1.82, 2.24) is 9.97 Å². The van der Waals surface area contributed by atoms with Crippen molar-refractivity contribution < 1.29 is 37.7 Å². The molecule has 0 aliphatic carbocycles. The van der Waals surface area contributed by atoms with Crippen molar-refractivity contribution >= 4 is 41.3 Å². The van der Waals surface area contributed by atoms with Crippen molar-refractivity contribution in [2.75, 3.05) is 5.75 Å². The number of carbonyl (C=O) groups is 3. The van der Waals surface area contributed by atoms with Crippen LogP contribution in [-0.4, -0.2) is 57.4 Å². The van der Waals surface area contributed by atoms with Crippen LogP contribution in [0.5, 0.6) is 5.75 Å². The molecule has 33 heavy (non-hydrogen) atoms. The number of halogens is 2. The van der Waals surface area contributed by atoms with Crippen molar-refractivity contribution in [3.8, 4) is 16.9 Å². The number of hydrogen-bond acceptors (Lipinski definition) is 10. The van der Waals surface area contributed by atoms with Crippen LogP contribution in [0.1, 0.15) is 20.8 Å². The summed E-state index contributed by atoms with van der Waals surface area (Å²) in [6.07, 6.45) is -0.257. The molecule has 3 rings (SSSR count). The lowest BCUT2D eigenvalue weighted by Crippen LogP contribution is -2.55. The molecule has 0 amide bonds. The van der Waals surface area contributed by atoms with E-state index >= 15 is 0 Å². The van der Waals surface area contributed by atoms with E-state index in [1.54, 1.807) is 6.07 Å². The van der Waals surface area contributed by atoms with Crippen molar-refractivity contribution in [2.24, 2.45) is 0 Å². The van der Waals surface area contributed by atoms with Crippen LogP contribution in [0.3, 0.4) is 0 Å². The summed E-state index contributed by atoms with van der Waals surface area (Å²) in [6.45, 7) is 3.60. The number of aromatic nitrogens is 2. The number of thioether (sulfide) groups is 1. The number of hydrogen-bond donors (Lipinski definition) is 0. The molecular formula is C21H20ClFN2O7S. The molecule has 1 saturated heterocycles. The highest BCUT2D eigenvalue weighted by atomic mass is 35.5. The van der Waals surface area contributed by atoms with Gasteiger partial charge in [-0.25, -0.2) is 9.97 Å². The molecule has 2 aromatic rings. The lowest BCUT2D eigenvalue weighted by molar-refractivity contribution is -0.186. The summed E-state index contributed by atoms with van der Waals surface area (Å²) in [5.41, 5.74) is 0.262. The zero-order valence-corrected chi connectivity index (χ0v) is 19.4. The van der Waals surface area contributed by atoms with Gasteiger partial charge in [0.1, 0.15) is 0 Å². The molecule has 0 bridgehead atoms. The number of nitrogens with zero attached hydrogens (tertiary/aromatic N) is 2. The van der Waals surface area contributed by atoms with Crippen molar-refractivity contribution in [2.45, 2.75) is 44.5 Å². The molecule has 3 heterocycles. The Morgan fingerprint density at radius 2 is 1.61 bits per heavy atom. The number of pyridine rings is 2. The fraction of sp³-hybridized carbons (Fsp3) is 0.381. The first kappa shape index (κ1) is 24.7. The monoisotopic (exact) mass is 498 g/mol. The molecule has 9 nitrogen and oxygen atoms in total. The largest absolute Gasteiger partial charge is 0.472 e. The van der Waals surface area contributed by atoms with Gasteiger partial charge in [0.2, 0.25) is 5.95 Å². The predicted molar refractivity (Wildman–Crippen MR) is 116 cm³/mol. The molecule has 176 valence electrons. The fourth-order valence-corrected chi connectivity index (χ4v) is 4.51. The molecule has 0 saturated carbocycles. The van der Waals surface area contributed by atoms with E-state index in [1.807, 2.05) is 0 Å². The van der Waals surface area contributed by atoms with Gasteiger partial charge in [-0.3, -0.25) is 14.4 Å². The van der Waals surface area contributed by atoms with Crippen LogP contribution in [0, 0.1) is 5.95 Å². The van der Waals surface area contributed by atoms with Gasteiger partial charge in [0.15, 0.2) is 34.7 Å². The van der Waals surface area contributed by atoms with Gasteiger partial charge in [-0.2, -0.15) is 4.39 Å². The Morgan fingerprint density at radius 1 is 0.970 bits per heavy atom. The molecule has 1 aliphatic rings. The quantitative estimate of drug-likeness (QED) is 0.334. The molecule has 4 atom stereocenters. The Kier molecular flexibility index (Phi) is 8.09. The second kappa shape index (κ2) is 10.8. The first-order valence-electron chi connectivity index (χ1n) is 9.71. The standard InChI is InChI=1S/C21H20ClFN2O7S/c1-10(26)29-16-9-33-21(19(31-12(3)28)18(16)30-11(2)27)32-15-6-14(8-25-20(15)22)13-4-5-17(23)24-7-13/h4-8,16,18-19,21H,9H2,1-3H3/t16-,18+,19-,21-/m1/s1. The summed E-state index contributed by atoms with van der Waals surface area (Å²) >= 11 is 7.40. The summed E-state index contributed by atoms with van der Waals surface area (Å²) < 4.78 is 35.2. The first-order valence-corrected chi connectivity index (χ1v) is 11.1. The number of esters is 3. The van der Waals surface area contributed by atoms with Crippen LogP contribution in [0.15, 0.2) is 30.6 Å². The summed E-state index contributed by atoms with van der Waals surface area (Å²) in [6, 6.07) is 4.31. The van der Waals surface area contributed by atoms with Gasteiger partial charge in [0.05, 0.1) is 0 Å². The third kappa shape index (κ3) is 6.55. The van der Waals surface area contributed by atoms with Crippen molar-refractivity contribution in [1.29, 1.82) is 0 Å². The normalized spacial score (nSPS) is 22.2. The van der Waals surface area contributed by atoms with E-state index in [2.05, 4.69) is 9.97 Å². The molecule has 2 aromatic heterocycles. The van der Waals surface area contributed by atoms with Crippen LogP contribution in [-0.2, 0) is 28.6 Å². The Balaban J connectivity index is 1.91. The second-order valence-corrected chi connectivity index (χ2v) is 8.49. The molecule has 0 aromatic carbocycles. The van der Waals surface area contributed by atoms with E-state index in [-0.39, 0.29) is 16.7 Å². The van der Waals surface area contributed by atoms with E-state index in [9.17, 15) is 18.8 Å². The highest BCUT2D eigenvalue weighted by Crippen LogP contribution is 2.37. The Labute approximate surface area is 197 Å². The Bertz CT molecular complexity index is 1040. The van der Waals surface area contributed by atoms with E-state index in [0.717, 1.165) is 0 Å². The van der Waals surface area contributed by atoms with Gasteiger partial charge < -0.3 is 18.9 Å². The average Bonchev–Trinajstić information content (AvgIpc) is 2.73. The highest BCUT2D eigenvalue weighted by Gasteiger charge is 2.47. The van der Waals surface area contributed by atoms with Crippen LogP contribution in [0.2, 0.25) is 5.15 Å². The Hall–Kier alpha value is -2.92. The number of rotatable bonds is 6. The minimum atomic E-state index is -1.11. The van der Waals surface area contributed by atoms with E-state index in [4.69, 9.17) is 30.5 Å². The maximum Gasteiger partial charge on any atom is 0.303 e. The Morgan fingerprint density at radius 3 is 2.21 bits per heavy atom. The molecule has 0 unspecified atom stereocenters. The highest BCUT2D eigenvalue weighted by molar-refractivity contribution is 7.99. The fourth-order valence-electron chi connectivity index (χ4n) is 3.15. The summed E-state index contributed by atoms with van der Waals surface area (Å²) in [5.74, 6) is -2.14. The summed E-state index contributed by atoms with van der Waals surface area (Å²) in [4.78, 5) is 42.7. The average molecular weight is 499 g/mol. The lowest BCUT2D eigenvalue weighted by atomic mass is 10.1. The summed E-state index contributed by atoms with van der Waals surface area (Å²) in [5, 5.41) is 0.0298. The SMILES string of the molecule is CC(=O)O[C@@H]1[C@@H](OC(C)=O)[C@H](OC(C)=O)CS[C@H]1Oc1cc(-c2ccc(F)nc2)cnc1Cl. The minimum absolute atomic E-state index is 0.0298. The van der Waals surface area contributed by atoms with Gasteiger partial charge in [-0.15, -0.1) is 11.8 Å². The van der Waals surface area contributed by atoms with Crippen LogP contribution in [0.25, 0.3) is 11.1 Å².